The number of benzene rings is 1. The van der Waals surface area contributed by atoms with Gasteiger partial charge in [-0.05, 0) is 31.9 Å². The summed E-state index contributed by atoms with van der Waals surface area (Å²) in [5, 5.41) is 12.5. The number of hydrogen-bond acceptors (Lipinski definition) is 3. The molecule has 1 unspecified atom stereocenters. The van der Waals surface area contributed by atoms with E-state index in [0.717, 1.165) is 0 Å². The van der Waals surface area contributed by atoms with Gasteiger partial charge < -0.3 is 15.2 Å². The number of para-hydroxylation sites is 2. The van der Waals surface area contributed by atoms with Crippen LogP contribution in [0.5, 0.6) is 5.75 Å². The molecule has 2 N–H and O–H groups in total. The Morgan fingerprint density at radius 2 is 1.85 bits per heavy atom. The van der Waals surface area contributed by atoms with Gasteiger partial charge in [-0.1, -0.05) is 12.1 Å². The third-order valence-corrected chi connectivity index (χ3v) is 3.08. The molecule has 1 aromatic rings. The van der Waals surface area contributed by atoms with Crippen LogP contribution in [-0.2, 0) is 0 Å². The number of hydrogen-bond donors (Lipinski definition) is 2. The van der Waals surface area contributed by atoms with E-state index in [1.807, 2.05) is 0 Å². The largest absolute Gasteiger partial charge is 0.495 e. The maximum absolute atomic E-state index is 12.2. The van der Waals surface area contributed by atoms with Crippen LogP contribution in [0, 0.1) is 0 Å². The maximum Gasteiger partial charge on any atom is 0.389 e. The Kier molecular flexibility index (Phi) is 5.68. The monoisotopic (exact) mass is 291 g/mol. The minimum atomic E-state index is -4.17. The summed E-state index contributed by atoms with van der Waals surface area (Å²) in [5.74, 6) is 0.586. The second-order valence-electron chi connectivity index (χ2n) is 5.01. The van der Waals surface area contributed by atoms with E-state index in [2.05, 4.69) is 5.32 Å². The minimum absolute atomic E-state index is 0.0390. The maximum atomic E-state index is 12.2. The molecule has 0 saturated carbocycles. The van der Waals surface area contributed by atoms with Gasteiger partial charge in [0.2, 0.25) is 0 Å². The number of rotatable bonds is 7. The third-order valence-electron chi connectivity index (χ3n) is 3.08. The molecule has 1 aromatic carbocycles. The minimum Gasteiger partial charge on any atom is -0.495 e. The average molecular weight is 291 g/mol. The van der Waals surface area contributed by atoms with Crippen LogP contribution in [0.15, 0.2) is 24.3 Å². The lowest BCUT2D eigenvalue weighted by Crippen LogP contribution is -2.39. The highest BCUT2D eigenvalue weighted by molar-refractivity contribution is 5.57. The molecule has 0 aliphatic carbocycles. The summed E-state index contributed by atoms with van der Waals surface area (Å²) in [6, 6.07) is 7.09. The molecule has 0 aliphatic rings. The Bertz CT molecular complexity index is 423. The van der Waals surface area contributed by atoms with Crippen molar-refractivity contribution in [3.63, 3.8) is 0 Å². The normalized spacial score (nSPS) is 14.7. The van der Waals surface area contributed by atoms with Crippen LogP contribution in [0.25, 0.3) is 0 Å². The molecular formula is C14H20F3NO2. The fourth-order valence-electron chi connectivity index (χ4n) is 1.93. The summed E-state index contributed by atoms with van der Waals surface area (Å²) in [7, 11) is 1.51. The highest BCUT2D eigenvalue weighted by Gasteiger charge is 2.30. The van der Waals surface area contributed by atoms with Gasteiger partial charge in [0.15, 0.2) is 0 Å². The van der Waals surface area contributed by atoms with Crippen molar-refractivity contribution in [2.24, 2.45) is 0 Å². The smallest absolute Gasteiger partial charge is 0.389 e. The van der Waals surface area contributed by atoms with Crippen molar-refractivity contribution in [2.45, 2.75) is 37.9 Å². The van der Waals surface area contributed by atoms with E-state index >= 15 is 0 Å². The third kappa shape index (κ3) is 5.28. The molecule has 3 nitrogen and oxygen atoms in total. The molecule has 0 aliphatic heterocycles. The lowest BCUT2D eigenvalue weighted by atomic mass is 9.95. The summed E-state index contributed by atoms with van der Waals surface area (Å²) in [6.07, 6.45) is -4.85. The molecule has 0 fully saturated rings. The van der Waals surface area contributed by atoms with E-state index in [9.17, 15) is 18.3 Å². The first kappa shape index (κ1) is 16.6. The highest BCUT2D eigenvalue weighted by atomic mass is 19.4. The van der Waals surface area contributed by atoms with E-state index in [-0.39, 0.29) is 19.4 Å². The van der Waals surface area contributed by atoms with Gasteiger partial charge in [0.05, 0.1) is 24.9 Å². The van der Waals surface area contributed by atoms with Crippen molar-refractivity contribution < 1.29 is 23.0 Å². The number of anilines is 1. The first-order chi connectivity index (χ1) is 9.29. The second kappa shape index (κ2) is 6.83. The first-order valence-corrected chi connectivity index (χ1v) is 6.38. The number of methoxy groups -OCH3 is 1. The predicted octanol–water partition coefficient (Wildman–Crippen LogP) is 3.59. The summed E-state index contributed by atoms with van der Waals surface area (Å²) < 4.78 is 41.7. The molecule has 0 saturated heterocycles. The summed E-state index contributed by atoms with van der Waals surface area (Å²) >= 11 is 0. The van der Waals surface area contributed by atoms with Gasteiger partial charge in [-0.15, -0.1) is 0 Å². The quantitative estimate of drug-likeness (QED) is 0.806. The number of nitrogens with one attached hydrogen (secondary N) is 1. The number of aliphatic hydroxyl groups is 1. The van der Waals surface area contributed by atoms with Crippen molar-refractivity contribution in [3.05, 3.63) is 24.3 Å². The lowest BCUT2D eigenvalue weighted by molar-refractivity contribution is -0.136. The van der Waals surface area contributed by atoms with E-state index in [1.165, 1.54) is 7.11 Å². The van der Waals surface area contributed by atoms with Crippen molar-refractivity contribution in [2.75, 3.05) is 19.0 Å². The van der Waals surface area contributed by atoms with Gasteiger partial charge >= 0.3 is 6.18 Å². The van der Waals surface area contributed by atoms with E-state index in [4.69, 9.17) is 4.74 Å². The Morgan fingerprint density at radius 3 is 2.40 bits per heavy atom. The molecule has 114 valence electrons. The molecule has 0 heterocycles. The van der Waals surface area contributed by atoms with Crippen LogP contribution in [0.1, 0.15) is 26.2 Å². The van der Waals surface area contributed by atoms with Crippen LogP contribution in [0.3, 0.4) is 0 Å². The number of aliphatic hydroxyl groups excluding tert-OH is 1. The van der Waals surface area contributed by atoms with Gasteiger partial charge in [-0.2, -0.15) is 13.2 Å². The highest BCUT2D eigenvalue weighted by Crippen LogP contribution is 2.30. The topological polar surface area (TPSA) is 41.5 Å². The molecule has 1 rings (SSSR count). The molecule has 20 heavy (non-hydrogen) atoms. The van der Waals surface area contributed by atoms with E-state index < -0.39 is 18.1 Å². The predicted molar refractivity (Wildman–Crippen MR) is 72.0 cm³/mol. The van der Waals surface area contributed by atoms with Gasteiger partial charge in [-0.25, -0.2) is 0 Å². The van der Waals surface area contributed by atoms with Gasteiger partial charge in [0, 0.05) is 6.42 Å². The first-order valence-electron chi connectivity index (χ1n) is 6.38. The SMILES string of the molecule is COc1ccccc1NC(C)(CO)CCCC(F)(F)F. The fraction of sp³-hybridized carbons (Fsp3) is 0.571. The van der Waals surface area contributed by atoms with Gasteiger partial charge in [0.1, 0.15) is 5.75 Å². The summed E-state index contributed by atoms with van der Waals surface area (Å²) in [6.45, 7) is 1.43. The lowest BCUT2D eigenvalue weighted by Gasteiger charge is -2.31. The van der Waals surface area contributed by atoms with Crippen LogP contribution in [-0.4, -0.2) is 30.5 Å². The molecule has 0 amide bonds. The standard InChI is InChI=1S/C14H20F3NO2/c1-13(10-19,8-5-9-14(15,16)17)18-11-6-3-4-7-12(11)20-2/h3-4,6-7,18-19H,5,8-10H2,1-2H3. The van der Waals surface area contributed by atoms with E-state index in [0.29, 0.717) is 11.4 Å². The molecule has 1 atom stereocenters. The fourth-order valence-corrected chi connectivity index (χ4v) is 1.93. The van der Waals surface area contributed by atoms with Crippen molar-refractivity contribution in [1.82, 2.24) is 0 Å². The molecular weight excluding hydrogens is 271 g/mol. The molecule has 0 bridgehead atoms. The van der Waals surface area contributed by atoms with Crippen molar-refractivity contribution in [3.8, 4) is 5.75 Å². The molecule has 0 radical (unpaired) electrons. The van der Waals surface area contributed by atoms with Crippen molar-refractivity contribution in [1.29, 1.82) is 0 Å². The van der Waals surface area contributed by atoms with Crippen LogP contribution >= 0.6 is 0 Å². The Balaban J connectivity index is 2.69. The zero-order chi connectivity index (χ0) is 15.2. The van der Waals surface area contributed by atoms with Crippen LogP contribution in [0.4, 0.5) is 18.9 Å². The van der Waals surface area contributed by atoms with E-state index in [1.54, 1.807) is 31.2 Å². The molecule has 0 aromatic heterocycles. The Morgan fingerprint density at radius 1 is 1.20 bits per heavy atom. The summed E-state index contributed by atoms with van der Waals surface area (Å²) in [4.78, 5) is 0. The van der Waals surface area contributed by atoms with Crippen LogP contribution in [0.2, 0.25) is 0 Å². The van der Waals surface area contributed by atoms with Crippen molar-refractivity contribution >= 4 is 5.69 Å². The number of alkyl halides is 3. The van der Waals surface area contributed by atoms with Gasteiger partial charge in [-0.3, -0.25) is 0 Å². The Labute approximate surface area is 116 Å². The summed E-state index contributed by atoms with van der Waals surface area (Å²) in [5.41, 5.74) is -0.168. The zero-order valence-electron chi connectivity index (χ0n) is 11.6. The number of ether oxygens (including phenoxy) is 1. The number of halogens is 3. The average Bonchev–Trinajstić information content (AvgIpc) is 2.38. The van der Waals surface area contributed by atoms with Gasteiger partial charge in [0.25, 0.3) is 0 Å². The molecule has 0 spiro atoms. The van der Waals surface area contributed by atoms with Crippen LogP contribution < -0.4 is 10.1 Å². The second-order valence-corrected chi connectivity index (χ2v) is 5.01. The molecule has 6 heteroatoms. The zero-order valence-corrected chi connectivity index (χ0v) is 11.6. The Hall–Kier alpha value is -1.43.